The number of carboxylic acid groups (broad SMARTS) is 1. The minimum atomic E-state index is -1.12. The predicted octanol–water partition coefficient (Wildman–Crippen LogP) is 5.31. The number of likely N-dealkylation sites (N-methyl/N-ethyl adjacent to an activating group) is 1. The Kier molecular flexibility index (Phi) is 9.21. The number of aliphatic carboxylic acids is 1. The second-order valence-corrected chi connectivity index (χ2v) is 7.50. The topological polar surface area (TPSA) is 76.1 Å². The summed E-state index contributed by atoms with van der Waals surface area (Å²) in [6.07, 6.45) is 1.73. The molecule has 0 atom stereocenters. The minimum absolute atomic E-state index is 0.0632. The number of carbonyl (C=O) groups excluding carboxylic acids is 1. The lowest BCUT2D eigenvalue weighted by atomic mass is 10.1. The summed E-state index contributed by atoms with van der Waals surface area (Å²) in [5.74, 6) is -0.606. The van der Waals surface area contributed by atoms with Crippen LogP contribution in [0.1, 0.15) is 31.9 Å². The Balaban J connectivity index is 2.29. The van der Waals surface area contributed by atoms with Gasteiger partial charge in [-0.05, 0) is 56.7 Å². The van der Waals surface area contributed by atoms with Gasteiger partial charge in [-0.3, -0.25) is 4.79 Å². The Morgan fingerprint density at radius 3 is 2.26 bits per heavy atom. The Labute approximate surface area is 192 Å². The molecule has 0 fully saturated rings. The first-order chi connectivity index (χ1) is 14.8. The highest BCUT2D eigenvalue weighted by atomic mass is 35.5. The van der Waals surface area contributed by atoms with Gasteiger partial charge in [0, 0.05) is 34.3 Å². The second kappa shape index (κ2) is 11.6. The van der Waals surface area contributed by atoms with E-state index in [1.807, 2.05) is 13.8 Å². The summed E-state index contributed by atoms with van der Waals surface area (Å²) < 4.78 is 11.2. The molecule has 31 heavy (non-hydrogen) atoms. The molecule has 0 aliphatic heterocycles. The fraction of sp³-hybridized carbons (Fsp3) is 0.304. The maximum atomic E-state index is 12.5. The number of nitrogens with zero attached hydrogens (tertiary/aromatic N) is 1. The molecule has 8 heteroatoms. The smallest absolute Gasteiger partial charge is 0.341 e. The molecule has 2 rings (SSSR count). The maximum absolute atomic E-state index is 12.5. The van der Waals surface area contributed by atoms with Crippen molar-refractivity contribution in [3.63, 3.8) is 0 Å². The van der Waals surface area contributed by atoms with Gasteiger partial charge in [0.15, 0.2) is 18.1 Å². The van der Waals surface area contributed by atoms with E-state index in [1.54, 1.807) is 54.3 Å². The molecule has 0 heterocycles. The summed E-state index contributed by atoms with van der Waals surface area (Å²) in [7, 11) is 0. The number of carboxylic acids is 1. The van der Waals surface area contributed by atoms with Crippen LogP contribution in [0.5, 0.6) is 11.5 Å². The van der Waals surface area contributed by atoms with Crippen molar-refractivity contribution in [2.45, 2.75) is 27.4 Å². The van der Waals surface area contributed by atoms with Crippen molar-refractivity contribution < 1.29 is 24.2 Å². The number of halogens is 2. The van der Waals surface area contributed by atoms with Crippen LogP contribution in [0, 0.1) is 0 Å². The van der Waals surface area contributed by atoms with E-state index in [0.29, 0.717) is 45.6 Å². The molecule has 0 saturated carbocycles. The Bertz CT molecular complexity index is 950. The number of rotatable bonds is 10. The molecule has 166 valence electrons. The van der Waals surface area contributed by atoms with E-state index in [9.17, 15) is 9.59 Å². The molecule has 0 bridgehead atoms. The summed E-state index contributed by atoms with van der Waals surface area (Å²) in [5.41, 5.74) is 1.85. The standard InChI is InChI=1S/C23H25Cl2NO5/c1-4-26(5-2)23(29)15(3)11-16-9-10-20(21(12-16)31-14-22(27)28)30-13-17-18(24)7-6-8-19(17)25/h6-12H,4-5,13-14H2,1-3H3,(H,27,28)/b15-11-. The third-order valence-corrected chi connectivity index (χ3v) is 5.23. The van der Waals surface area contributed by atoms with Crippen LogP contribution in [-0.2, 0) is 16.2 Å². The molecule has 1 amide bonds. The second-order valence-electron chi connectivity index (χ2n) is 6.68. The van der Waals surface area contributed by atoms with Crippen molar-refractivity contribution in [1.82, 2.24) is 4.90 Å². The summed E-state index contributed by atoms with van der Waals surface area (Å²) in [6.45, 7) is 6.36. The van der Waals surface area contributed by atoms with E-state index in [0.717, 1.165) is 0 Å². The highest BCUT2D eigenvalue weighted by Gasteiger charge is 2.14. The summed E-state index contributed by atoms with van der Waals surface area (Å²) in [6, 6.07) is 10.2. The first-order valence-electron chi connectivity index (χ1n) is 9.78. The Hall–Kier alpha value is -2.70. The first kappa shape index (κ1) is 24.6. The van der Waals surface area contributed by atoms with Crippen LogP contribution in [0.15, 0.2) is 42.0 Å². The normalized spacial score (nSPS) is 11.2. The average molecular weight is 466 g/mol. The van der Waals surface area contributed by atoms with Gasteiger partial charge < -0.3 is 19.5 Å². The lowest BCUT2D eigenvalue weighted by molar-refractivity contribution is -0.139. The third kappa shape index (κ3) is 6.91. The predicted molar refractivity (Wildman–Crippen MR) is 122 cm³/mol. The van der Waals surface area contributed by atoms with Crippen molar-refractivity contribution >= 4 is 41.2 Å². The van der Waals surface area contributed by atoms with Gasteiger partial charge in [0.2, 0.25) is 5.91 Å². The molecule has 0 aromatic heterocycles. The molecule has 0 aliphatic carbocycles. The van der Waals surface area contributed by atoms with Crippen molar-refractivity contribution in [2.75, 3.05) is 19.7 Å². The van der Waals surface area contributed by atoms with E-state index in [1.165, 1.54) is 0 Å². The van der Waals surface area contributed by atoms with Crippen LogP contribution in [0.3, 0.4) is 0 Å². The van der Waals surface area contributed by atoms with Gasteiger partial charge in [0.25, 0.3) is 0 Å². The fourth-order valence-electron chi connectivity index (χ4n) is 2.88. The molecule has 0 aliphatic rings. The molecule has 2 aromatic rings. The molecule has 0 radical (unpaired) electrons. The number of amides is 1. The average Bonchev–Trinajstić information content (AvgIpc) is 2.73. The van der Waals surface area contributed by atoms with Gasteiger partial charge in [-0.25, -0.2) is 4.79 Å². The Morgan fingerprint density at radius 1 is 1.03 bits per heavy atom. The van der Waals surface area contributed by atoms with Gasteiger partial charge in [-0.15, -0.1) is 0 Å². The SMILES string of the molecule is CCN(CC)C(=O)/C(C)=C\c1ccc(OCc2c(Cl)cccc2Cl)c(OCC(=O)O)c1. The number of benzene rings is 2. The monoisotopic (exact) mass is 465 g/mol. The van der Waals surface area contributed by atoms with Crippen LogP contribution < -0.4 is 9.47 Å². The molecule has 0 spiro atoms. The van der Waals surface area contributed by atoms with Crippen LogP contribution in [-0.4, -0.2) is 41.6 Å². The van der Waals surface area contributed by atoms with E-state index >= 15 is 0 Å². The zero-order valence-corrected chi connectivity index (χ0v) is 19.2. The van der Waals surface area contributed by atoms with Crippen molar-refractivity contribution in [3.8, 4) is 11.5 Å². The zero-order chi connectivity index (χ0) is 23.0. The quantitative estimate of drug-likeness (QED) is 0.481. The molecule has 2 aromatic carbocycles. The molecular weight excluding hydrogens is 441 g/mol. The highest BCUT2D eigenvalue weighted by molar-refractivity contribution is 6.35. The molecular formula is C23H25Cl2NO5. The van der Waals surface area contributed by atoms with Crippen molar-refractivity contribution in [1.29, 1.82) is 0 Å². The highest BCUT2D eigenvalue weighted by Crippen LogP contribution is 2.32. The van der Waals surface area contributed by atoms with Crippen LogP contribution in [0.2, 0.25) is 10.0 Å². The van der Waals surface area contributed by atoms with Crippen molar-refractivity contribution in [2.24, 2.45) is 0 Å². The van der Waals surface area contributed by atoms with Crippen LogP contribution >= 0.6 is 23.2 Å². The van der Waals surface area contributed by atoms with E-state index in [4.69, 9.17) is 37.8 Å². The first-order valence-corrected chi connectivity index (χ1v) is 10.5. The maximum Gasteiger partial charge on any atom is 0.341 e. The molecule has 6 nitrogen and oxygen atoms in total. The van der Waals surface area contributed by atoms with Gasteiger partial charge in [0.1, 0.15) is 6.61 Å². The van der Waals surface area contributed by atoms with Gasteiger partial charge in [-0.1, -0.05) is 35.3 Å². The number of hydrogen-bond donors (Lipinski definition) is 1. The summed E-state index contributed by atoms with van der Waals surface area (Å²) in [4.78, 5) is 25.2. The van der Waals surface area contributed by atoms with Gasteiger partial charge in [0.05, 0.1) is 0 Å². The fourth-order valence-corrected chi connectivity index (χ4v) is 3.38. The van der Waals surface area contributed by atoms with E-state index in [-0.39, 0.29) is 18.3 Å². The number of hydrogen-bond acceptors (Lipinski definition) is 4. The van der Waals surface area contributed by atoms with Crippen LogP contribution in [0.25, 0.3) is 6.08 Å². The Morgan fingerprint density at radius 2 is 1.68 bits per heavy atom. The summed E-state index contributed by atoms with van der Waals surface area (Å²) in [5, 5.41) is 9.91. The zero-order valence-electron chi connectivity index (χ0n) is 17.7. The van der Waals surface area contributed by atoms with E-state index in [2.05, 4.69) is 0 Å². The number of ether oxygens (including phenoxy) is 2. The summed E-state index contributed by atoms with van der Waals surface area (Å²) >= 11 is 12.4. The molecule has 1 N–H and O–H groups in total. The number of carbonyl (C=O) groups is 2. The van der Waals surface area contributed by atoms with E-state index < -0.39 is 12.6 Å². The lowest BCUT2D eigenvalue weighted by Gasteiger charge is -2.19. The van der Waals surface area contributed by atoms with Crippen LogP contribution in [0.4, 0.5) is 0 Å². The molecule has 0 unspecified atom stereocenters. The molecule has 0 saturated heterocycles. The minimum Gasteiger partial charge on any atom is -0.485 e. The van der Waals surface area contributed by atoms with Gasteiger partial charge >= 0.3 is 5.97 Å². The van der Waals surface area contributed by atoms with Crippen molar-refractivity contribution in [3.05, 3.63) is 63.1 Å². The van der Waals surface area contributed by atoms with Gasteiger partial charge in [-0.2, -0.15) is 0 Å². The third-order valence-electron chi connectivity index (χ3n) is 4.52. The largest absolute Gasteiger partial charge is 0.485 e. The lowest BCUT2D eigenvalue weighted by Crippen LogP contribution is -2.30.